The molecule has 3 nitrogen and oxygen atoms in total. The van der Waals surface area contributed by atoms with Crippen LogP contribution in [0.15, 0.2) is 22.0 Å². The van der Waals surface area contributed by atoms with Crippen LogP contribution in [0.1, 0.15) is 39.5 Å². The number of hydrogen-bond acceptors (Lipinski definition) is 3. The van der Waals surface area contributed by atoms with E-state index in [-0.39, 0.29) is 0 Å². The molecular formula is C9H17N3. The van der Waals surface area contributed by atoms with Gasteiger partial charge in [0.05, 0.1) is 5.70 Å². The predicted octanol–water partition coefficient (Wildman–Crippen LogP) is 2.59. The van der Waals surface area contributed by atoms with Gasteiger partial charge in [-0.05, 0) is 25.8 Å². The summed E-state index contributed by atoms with van der Waals surface area (Å²) in [7, 11) is 0. The first-order valence-electron chi connectivity index (χ1n) is 4.57. The van der Waals surface area contributed by atoms with E-state index in [4.69, 9.17) is 5.73 Å². The van der Waals surface area contributed by atoms with Crippen molar-refractivity contribution >= 4 is 0 Å². The number of nitrogens with two attached hydrogens (primary N) is 1. The molecule has 0 fully saturated rings. The van der Waals surface area contributed by atoms with E-state index < -0.39 is 5.66 Å². The molecule has 0 radical (unpaired) electrons. The molecule has 3 heteroatoms. The zero-order valence-electron chi connectivity index (χ0n) is 7.88. The minimum atomic E-state index is -0.487. The van der Waals surface area contributed by atoms with Gasteiger partial charge < -0.3 is 5.73 Å². The second kappa shape index (κ2) is 3.81. The molecule has 68 valence electrons. The van der Waals surface area contributed by atoms with E-state index in [1.54, 1.807) is 0 Å². The summed E-state index contributed by atoms with van der Waals surface area (Å²) in [6.45, 7) is 4.11. The maximum Gasteiger partial charge on any atom is 0.150 e. The van der Waals surface area contributed by atoms with E-state index in [1.165, 1.54) is 12.8 Å². The van der Waals surface area contributed by atoms with Gasteiger partial charge in [-0.3, -0.25) is 0 Å². The number of rotatable bonds is 4. The van der Waals surface area contributed by atoms with Crippen LogP contribution in [0.2, 0.25) is 0 Å². The van der Waals surface area contributed by atoms with Gasteiger partial charge in [0, 0.05) is 0 Å². The molecule has 1 heterocycles. The highest BCUT2D eigenvalue weighted by Gasteiger charge is 2.24. The zero-order valence-corrected chi connectivity index (χ0v) is 7.88. The molecule has 2 N–H and O–H groups in total. The Morgan fingerprint density at radius 2 is 2.25 bits per heavy atom. The molecule has 1 aliphatic rings. The van der Waals surface area contributed by atoms with Crippen LogP contribution < -0.4 is 5.73 Å². The zero-order chi connectivity index (χ0) is 9.03. The minimum absolute atomic E-state index is 0.487. The maximum absolute atomic E-state index is 5.95. The quantitative estimate of drug-likeness (QED) is 0.643. The van der Waals surface area contributed by atoms with Gasteiger partial charge in [0.2, 0.25) is 0 Å². The topological polar surface area (TPSA) is 50.7 Å². The van der Waals surface area contributed by atoms with Crippen LogP contribution in [-0.4, -0.2) is 5.66 Å². The average molecular weight is 167 g/mol. The fourth-order valence-electron chi connectivity index (χ4n) is 1.37. The fraction of sp³-hybridized carbons (Fsp3) is 0.778. The van der Waals surface area contributed by atoms with Crippen molar-refractivity contribution in [3.05, 3.63) is 11.8 Å². The van der Waals surface area contributed by atoms with Gasteiger partial charge in [0.1, 0.15) is 5.66 Å². The predicted molar refractivity (Wildman–Crippen MR) is 49.7 cm³/mol. The van der Waals surface area contributed by atoms with E-state index in [2.05, 4.69) is 17.2 Å². The Bertz CT molecular complexity index is 208. The van der Waals surface area contributed by atoms with Crippen molar-refractivity contribution in [3.8, 4) is 0 Å². The lowest BCUT2D eigenvalue weighted by Crippen LogP contribution is -2.33. The lowest BCUT2D eigenvalue weighted by molar-refractivity contribution is 0.471. The highest BCUT2D eigenvalue weighted by Crippen LogP contribution is 2.23. The number of nitrogens with zero attached hydrogens (tertiary/aromatic N) is 2. The molecule has 1 aliphatic heterocycles. The number of azo groups is 1. The summed E-state index contributed by atoms with van der Waals surface area (Å²) in [6, 6.07) is 0. The molecule has 0 aliphatic carbocycles. The van der Waals surface area contributed by atoms with Crippen LogP contribution in [0.4, 0.5) is 0 Å². The first-order valence-corrected chi connectivity index (χ1v) is 4.57. The van der Waals surface area contributed by atoms with E-state index in [0.29, 0.717) is 0 Å². The summed E-state index contributed by atoms with van der Waals surface area (Å²) >= 11 is 0. The van der Waals surface area contributed by atoms with Gasteiger partial charge in [-0.1, -0.05) is 19.8 Å². The summed E-state index contributed by atoms with van der Waals surface area (Å²) in [5, 5.41) is 7.96. The summed E-state index contributed by atoms with van der Waals surface area (Å²) in [4.78, 5) is 0. The van der Waals surface area contributed by atoms with Crippen molar-refractivity contribution in [2.24, 2.45) is 16.0 Å². The molecule has 0 aromatic carbocycles. The SMILES string of the molecule is CCCCCC1(N)C=C(C)N=N1. The Hall–Kier alpha value is -0.700. The van der Waals surface area contributed by atoms with Crippen molar-refractivity contribution in [3.63, 3.8) is 0 Å². The molecule has 1 rings (SSSR count). The molecule has 0 amide bonds. The molecule has 1 atom stereocenters. The summed E-state index contributed by atoms with van der Waals surface area (Å²) in [5.41, 5.74) is 6.41. The maximum atomic E-state index is 5.95. The van der Waals surface area contributed by atoms with Gasteiger partial charge in [0.15, 0.2) is 0 Å². The molecule has 0 aromatic rings. The molecule has 0 saturated heterocycles. The van der Waals surface area contributed by atoms with Crippen LogP contribution in [0.5, 0.6) is 0 Å². The summed E-state index contributed by atoms with van der Waals surface area (Å²) in [5.74, 6) is 0. The second-order valence-electron chi connectivity index (χ2n) is 3.43. The molecule has 0 aromatic heterocycles. The van der Waals surface area contributed by atoms with E-state index >= 15 is 0 Å². The van der Waals surface area contributed by atoms with Crippen LogP contribution in [0.25, 0.3) is 0 Å². The van der Waals surface area contributed by atoms with Gasteiger partial charge in [-0.2, -0.15) is 10.2 Å². The number of hydrogen-bond donors (Lipinski definition) is 1. The van der Waals surface area contributed by atoms with Crippen LogP contribution in [0.3, 0.4) is 0 Å². The Kier molecular flexibility index (Phi) is 2.98. The first-order chi connectivity index (χ1) is 5.66. The molecule has 0 spiro atoms. The van der Waals surface area contributed by atoms with E-state index in [9.17, 15) is 0 Å². The van der Waals surface area contributed by atoms with Crippen molar-refractivity contribution < 1.29 is 0 Å². The standard InChI is InChI=1S/C9H17N3/c1-3-4-5-6-9(10)7-8(2)11-12-9/h7H,3-6,10H2,1-2H3. The largest absolute Gasteiger partial charge is 0.302 e. The van der Waals surface area contributed by atoms with Crippen molar-refractivity contribution in [1.82, 2.24) is 0 Å². The highest BCUT2D eigenvalue weighted by molar-refractivity contribution is 5.13. The third kappa shape index (κ3) is 2.41. The summed E-state index contributed by atoms with van der Waals surface area (Å²) < 4.78 is 0. The molecule has 0 saturated carbocycles. The summed E-state index contributed by atoms with van der Waals surface area (Å²) in [6.07, 6.45) is 6.44. The minimum Gasteiger partial charge on any atom is -0.302 e. The van der Waals surface area contributed by atoms with E-state index in [0.717, 1.165) is 18.5 Å². The van der Waals surface area contributed by atoms with Gasteiger partial charge in [-0.25, -0.2) is 0 Å². The van der Waals surface area contributed by atoms with Gasteiger partial charge in [-0.15, -0.1) is 0 Å². The van der Waals surface area contributed by atoms with Crippen molar-refractivity contribution in [2.45, 2.75) is 45.2 Å². The van der Waals surface area contributed by atoms with Crippen molar-refractivity contribution in [2.75, 3.05) is 0 Å². The number of allylic oxidation sites excluding steroid dienone is 1. The van der Waals surface area contributed by atoms with Crippen molar-refractivity contribution in [1.29, 1.82) is 0 Å². The molecule has 1 unspecified atom stereocenters. The van der Waals surface area contributed by atoms with Crippen LogP contribution in [-0.2, 0) is 0 Å². The normalized spacial score (nSPS) is 27.8. The Morgan fingerprint density at radius 3 is 2.75 bits per heavy atom. The Balaban J connectivity index is 2.36. The van der Waals surface area contributed by atoms with Gasteiger partial charge >= 0.3 is 0 Å². The molecular weight excluding hydrogens is 150 g/mol. The second-order valence-corrected chi connectivity index (χ2v) is 3.43. The highest BCUT2D eigenvalue weighted by atomic mass is 15.2. The third-order valence-corrected chi connectivity index (χ3v) is 2.03. The molecule has 0 bridgehead atoms. The number of unbranched alkanes of at least 4 members (excludes halogenated alkanes) is 2. The lowest BCUT2D eigenvalue weighted by atomic mass is 10.0. The van der Waals surface area contributed by atoms with E-state index in [1.807, 2.05) is 13.0 Å². The average Bonchev–Trinajstić information content (AvgIpc) is 2.32. The fourth-order valence-corrected chi connectivity index (χ4v) is 1.37. The lowest BCUT2D eigenvalue weighted by Gasteiger charge is -2.15. The smallest absolute Gasteiger partial charge is 0.150 e. The third-order valence-electron chi connectivity index (χ3n) is 2.03. The van der Waals surface area contributed by atoms with Crippen LogP contribution in [0, 0.1) is 0 Å². The Labute approximate surface area is 73.8 Å². The monoisotopic (exact) mass is 167 g/mol. The Morgan fingerprint density at radius 1 is 1.50 bits per heavy atom. The first kappa shape index (κ1) is 9.39. The van der Waals surface area contributed by atoms with Gasteiger partial charge in [0.25, 0.3) is 0 Å². The van der Waals surface area contributed by atoms with Crippen LogP contribution >= 0.6 is 0 Å². The molecule has 12 heavy (non-hydrogen) atoms.